The highest BCUT2D eigenvalue weighted by molar-refractivity contribution is 9.10. The Morgan fingerprint density at radius 2 is 1.89 bits per heavy atom. The third-order valence-electron chi connectivity index (χ3n) is 4.09. The number of halogens is 2. The maximum absolute atomic E-state index is 14.1. The summed E-state index contributed by atoms with van der Waals surface area (Å²) in [6.45, 7) is 0. The second-order valence-corrected chi connectivity index (χ2v) is 6.91. The Bertz CT molecular complexity index is 1130. The van der Waals surface area contributed by atoms with Crippen LogP contribution in [0, 0.1) is 5.82 Å². The summed E-state index contributed by atoms with van der Waals surface area (Å²) in [5, 5.41) is 7.18. The summed E-state index contributed by atoms with van der Waals surface area (Å²) < 4.78 is 16.4. The van der Waals surface area contributed by atoms with E-state index in [-0.39, 0.29) is 5.69 Å². The lowest BCUT2D eigenvalue weighted by Gasteiger charge is -2.07. The lowest BCUT2D eigenvalue weighted by Crippen LogP contribution is -2.13. The maximum Gasteiger partial charge on any atom is 0.259 e. The van der Waals surface area contributed by atoms with Gasteiger partial charge >= 0.3 is 0 Å². The average Bonchev–Trinajstić information content (AvgIpc) is 3.17. The minimum Gasteiger partial charge on any atom is -0.319 e. The zero-order valence-electron chi connectivity index (χ0n) is 14.5. The van der Waals surface area contributed by atoms with Crippen LogP contribution in [0.5, 0.6) is 0 Å². The van der Waals surface area contributed by atoms with E-state index in [1.54, 1.807) is 35.4 Å². The number of nitrogens with zero attached hydrogens (tertiary/aromatic N) is 3. The number of rotatable bonds is 4. The number of carbonyl (C=O) groups is 1. The minimum absolute atomic E-state index is 0.0952. The van der Waals surface area contributed by atoms with Gasteiger partial charge in [0.1, 0.15) is 11.5 Å². The average molecular weight is 437 g/mol. The van der Waals surface area contributed by atoms with Gasteiger partial charge in [0.05, 0.1) is 16.9 Å². The van der Waals surface area contributed by atoms with Crippen LogP contribution in [0.25, 0.3) is 16.9 Å². The predicted octanol–water partition coefficient (Wildman–Crippen LogP) is 5.09. The van der Waals surface area contributed by atoms with Crippen molar-refractivity contribution in [2.24, 2.45) is 0 Å². The van der Waals surface area contributed by atoms with Crippen molar-refractivity contribution < 1.29 is 9.18 Å². The van der Waals surface area contributed by atoms with Gasteiger partial charge in [0.25, 0.3) is 5.91 Å². The first-order valence-corrected chi connectivity index (χ1v) is 9.23. The molecule has 0 saturated carbocycles. The molecule has 4 rings (SSSR count). The molecule has 5 nitrogen and oxygen atoms in total. The summed E-state index contributed by atoms with van der Waals surface area (Å²) in [4.78, 5) is 17.0. The molecule has 0 unspecified atom stereocenters. The van der Waals surface area contributed by atoms with Gasteiger partial charge < -0.3 is 5.32 Å². The highest BCUT2D eigenvalue weighted by Crippen LogP contribution is 2.25. The van der Waals surface area contributed by atoms with Crippen LogP contribution in [0.3, 0.4) is 0 Å². The zero-order valence-corrected chi connectivity index (χ0v) is 16.1. The molecule has 0 spiro atoms. The number of para-hydroxylation sites is 1. The zero-order chi connectivity index (χ0) is 19.5. The van der Waals surface area contributed by atoms with E-state index in [0.29, 0.717) is 21.3 Å². The molecule has 2 aromatic carbocycles. The van der Waals surface area contributed by atoms with Gasteiger partial charge in [0.2, 0.25) is 0 Å². The molecule has 0 aliphatic heterocycles. The molecule has 1 N–H and O–H groups in total. The summed E-state index contributed by atoms with van der Waals surface area (Å²) >= 11 is 3.21. The highest BCUT2D eigenvalue weighted by Gasteiger charge is 2.20. The van der Waals surface area contributed by atoms with Crippen LogP contribution in [-0.2, 0) is 0 Å². The summed E-state index contributed by atoms with van der Waals surface area (Å²) in [5.74, 6) is -0.983. The van der Waals surface area contributed by atoms with E-state index in [9.17, 15) is 9.18 Å². The van der Waals surface area contributed by atoms with Crippen molar-refractivity contribution >= 4 is 27.5 Å². The number of amides is 1. The Kier molecular flexibility index (Phi) is 4.99. The van der Waals surface area contributed by atoms with E-state index in [1.807, 2.05) is 36.4 Å². The van der Waals surface area contributed by atoms with Crippen molar-refractivity contribution in [2.75, 3.05) is 5.32 Å². The van der Waals surface area contributed by atoms with Gasteiger partial charge in [-0.1, -0.05) is 34.1 Å². The summed E-state index contributed by atoms with van der Waals surface area (Å²) in [5.41, 5.74) is 2.38. The van der Waals surface area contributed by atoms with Crippen molar-refractivity contribution in [1.29, 1.82) is 0 Å². The molecule has 2 heterocycles. The molecule has 28 heavy (non-hydrogen) atoms. The standard InChI is InChI=1S/C21H14BrFN4O/c22-15-8-9-19(18(23)11-15)25-21(28)17-13-27(16-6-2-1-3-7-16)26-20(17)14-5-4-10-24-12-14/h1-13H,(H,25,28). The molecule has 0 aliphatic rings. The monoisotopic (exact) mass is 436 g/mol. The van der Waals surface area contributed by atoms with Crippen LogP contribution >= 0.6 is 15.9 Å². The summed E-state index contributed by atoms with van der Waals surface area (Å²) in [6, 6.07) is 17.5. The fourth-order valence-corrected chi connectivity index (χ4v) is 3.08. The van der Waals surface area contributed by atoms with Gasteiger partial charge in [-0.15, -0.1) is 0 Å². The van der Waals surface area contributed by atoms with E-state index >= 15 is 0 Å². The van der Waals surface area contributed by atoms with E-state index < -0.39 is 11.7 Å². The Balaban J connectivity index is 1.76. The minimum atomic E-state index is -0.527. The molecule has 0 radical (unpaired) electrons. The molecule has 138 valence electrons. The number of hydrogen-bond donors (Lipinski definition) is 1. The molecule has 0 saturated heterocycles. The van der Waals surface area contributed by atoms with E-state index in [2.05, 4.69) is 31.3 Å². The first-order chi connectivity index (χ1) is 13.6. The van der Waals surface area contributed by atoms with Crippen molar-refractivity contribution in [3.05, 3.63) is 95.1 Å². The van der Waals surface area contributed by atoms with Crippen molar-refractivity contribution in [3.63, 3.8) is 0 Å². The van der Waals surface area contributed by atoms with Crippen LogP contribution in [0.2, 0.25) is 0 Å². The van der Waals surface area contributed by atoms with Crippen LogP contribution in [-0.4, -0.2) is 20.7 Å². The molecule has 0 fully saturated rings. The number of pyridine rings is 1. The van der Waals surface area contributed by atoms with Crippen molar-refractivity contribution in [2.45, 2.75) is 0 Å². The second-order valence-electron chi connectivity index (χ2n) is 5.99. The Morgan fingerprint density at radius 3 is 2.61 bits per heavy atom. The van der Waals surface area contributed by atoms with Crippen molar-refractivity contribution in [1.82, 2.24) is 14.8 Å². The molecule has 2 aromatic heterocycles. The second kappa shape index (κ2) is 7.74. The highest BCUT2D eigenvalue weighted by atomic mass is 79.9. The summed E-state index contributed by atoms with van der Waals surface area (Å²) in [6.07, 6.45) is 4.91. The molecule has 4 aromatic rings. The third kappa shape index (κ3) is 3.70. The van der Waals surface area contributed by atoms with Gasteiger partial charge in [-0.2, -0.15) is 5.10 Å². The van der Waals surface area contributed by atoms with Gasteiger partial charge in [0.15, 0.2) is 0 Å². The molecular weight excluding hydrogens is 423 g/mol. The SMILES string of the molecule is O=C(Nc1ccc(Br)cc1F)c1cn(-c2ccccc2)nc1-c1cccnc1. The van der Waals surface area contributed by atoms with Gasteiger partial charge in [0, 0.05) is 28.6 Å². The Morgan fingerprint density at radius 1 is 1.07 bits per heavy atom. The number of nitrogens with one attached hydrogen (secondary N) is 1. The topological polar surface area (TPSA) is 59.8 Å². The third-order valence-corrected chi connectivity index (χ3v) is 4.59. The Labute approximate surface area is 169 Å². The van der Waals surface area contributed by atoms with Gasteiger partial charge in [-0.3, -0.25) is 9.78 Å². The predicted molar refractivity (Wildman–Crippen MR) is 109 cm³/mol. The molecular formula is C21H14BrFN4O. The number of hydrogen-bond acceptors (Lipinski definition) is 3. The van der Waals surface area contributed by atoms with Gasteiger partial charge in [-0.25, -0.2) is 9.07 Å². The number of aromatic nitrogens is 3. The maximum atomic E-state index is 14.1. The number of benzene rings is 2. The smallest absolute Gasteiger partial charge is 0.259 e. The first-order valence-electron chi connectivity index (χ1n) is 8.44. The fourth-order valence-electron chi connectivity index (χ4n) is 2.75. The van der Waals surface area contributed by atoms with E-state index in [1.165, 1.54) is 12.1 Å². The number of carbonyl (C=O) groups excluding carboxylic acids is 1. The number of anilines is 1. The molecule has 0 aliphatic carbocycles. The fraction of sp³-hybridized carbons (Fsp3) is 0. The normalized spacial score (nSPS) is 10.6. The molecule has 0 atom stereocenters. The largest absolute Gasteiger partial charge is 0.319 e. The summed E-state index contributed by atoms with van der Waals surface area (Å²) in [7, 11) is 0. The molecule has 1 amide bonds. The van der Waals surface area contributed by atoms with E-state index in [4.69, 9.17) is 0 Å². The van der Waals surface area contributed by atoms with Crippen LogP contribution in [0.4, 0.5) is 10.1 Å². The lowest BCUT2D eigenvalue weighted by atomic mass is 10.1. The van der Waals surface area contributed by atoms with Crippen LogP contribution in [0.1, 0.15) is 10.4 Å². The van der Waals surface area contributed by atoms with Gasteiger partial charge in [-0.05, 0) is 42.5 Å². The molecule has 0 bridgehead atoms. The van der Waals surface area contributed by atoms with E-state index in [0.717, 1.165) is 5.69 Å². The lowest BCUT2D eigenvalue weighted by molar-refractivity contribution is 0.102. The van der Waals surface area contributed by atoms with Crippen molar-refractivity contribution in [3.8, 4) is 16.9 Å². The first kappa shape index (κ1) is 18.1. The Hall–Kier alpha value is -3.32. The van der Waals surface area contributed by atoms with Crippen LogP contribution in [0.15, 0.2) is 83.7 Å². The quantitative estimate of drug-likeness (QED) is 0.484. The molecule has 7 heteroatoms. The van der Waals surface area contributed by atoms with Crippen LogP contribution < -0.4 is 5.32 Å².